The molecule has 0 radical (unpaired) electrons. The Kier molecular flexibility index (Phi) is 5.10. The molecular weight excluding hydrogens is 494 g/mol. The molecule has 6 aromatic carbocycles. The van der Waals surface area contributed by atoms with Crippen LogP contribution in [0.4, 0.5) is 17.1 Å². The lowest BCUT2D eigenvalue weighted by molar-refractivity contribution is 0.668. The molecule has 1 aliphatic rings. The largest absolute Gasteiger partial charge is 0.456 e. The summed E-state index contributed by atoms with van der Waals surface area (Å²) in [6.45, 7) is 0. The van der Waals surface area contributed by atoms with E-state index in [4.69, 9.17) is 4.42 Å². The molecule has 0 aliphatic carbocycles. The minimum atomic E-state index is 0.905. The third-order valence-electron chi connectivity index (χ3n) is 7.42. The predicted molar refractivity (Wildman–Crippen MR) is 163 cm³/mol. The van der Waals surface area contributed by atoms with Crippen LogP contribution < -0.4 is 4.90 Å². The molecule has 39 heavy (non-hydrogen) atoms. The predicted octanol–water partition coefficient (Wildman–Crippen LogP) is 10.9. The highest BCUT2D eigenvalue weighted by Gasteiger charge is 2.27. The first-order chi connectivity index (χ1) is 19.3. The Balaban J connectivity index is 1.40. The van der Waals surface area contributed by atoms with Gasteiger partial charge in [-0.3, -0.25) is 0 Å². The molecule has 0 amide bonds. The number of anilines is 3. The minimum Gasteiger partial charge on any atom is -0.456 e. The average Bonchev–Trinajstić information content (AvgIpc) is 3.37. The molecule has 8 rings (SSSR count). The Morgan fingerprint density at radius 2 is 1.08 bits per heavy atom. The van der Waals surface area contributed by atoms with Gasteiger partial charge in [0, 0.05) is 32.3 Å². The quantitative estimate of drug-likeness (QED) is 0.232. The van der Waals surface area contributed by atoms with Crippen molar-refractivity contribution in [2.45, 2.75) is 9.79 Å². The van der Waals surface area contributed by atoms with Crippen molar-refractivity contribution in [3.8, 4) is 22.3 Å². The number of furan rings is 1. The SMILES string of the molecule is c1ccc(-c2cc(-c3ccccc3)cc(N3c4ccccc4Sc4cc5c(cc43)oc3ccccc35)c2)cc1. The van der Waals surface area contributed by atoms with Gasteiger partial charge in [0.25, 0.3) is 0 Å². The van der Waals surface area contributed by atoms with Gasteiger partial charge in [-0.15, -0.1) is 0 Å². The van der Waals surface area contributed by atoms with Crippen LogP contribution in [0.25, 0.3) is 44.2 Å². The van der Waals surface area contributed by atoms with E-state index in [1.165, 1.54) is 37.7 Å². The normalized spacial score (nSPS) is 12.5. The van der Waals surface area contributed by atoms with Gasteiger partial charge in [-0.25, -0.2) is 0 Å². The summed E-state index contributed by atoms with van der Waals surface area (Å²) in [5, 5.41) is 2.30. The maximum atomic E-state index is 6.34. The summed E-state index contributed by atoms with van der Waals surface area (Å²) in [4.78, 5) is 4.86. The molecule has 0 bridgehead atoms. The Morgan fingerprint density at radius 3 is 1.82 bits per heavy atom. The van der Waals surface area contributed by atoms with Crippen LogP contribution in [0.5, 0.6) is 0 Å². The van der Waals surface area contributed by atoms with Crippen LogP contribution >= 0.6 is 11.8 Å². The molecule has 184 valence electrons. The lowest BCUT2D eigenvalue weighted by atomic mass is 9.97. The van der Waals surface area contributed by atoms with Crippen molar-refractivity contribution in [1.29, 1.82) is 0 Å². The molecule has 2 nitrogen and oxygen atoms in total. The maximum absolute atomic E-state index is 6.34. The number of rotatable bonds is 3. The number of nitrogens with zero attached hydrogens (tertiary/aromatic N) is 1. The molecule has 7 aromatic rings. The monoisotopic (exact) mass is 517 g/mol. The first-order valence-corrected chi connectivity index (χ1v) is 13.9. The second-order valence-corrected chi connectivity index (χ2v) is 10.9. The first kappa shape index (κ1) is 22.3. The number of fused-ring (bicyclic) bond motifs is 5. The number of benzene rings is 6. The van der Waals surface area contributed by atoms with Crippen molar-refractivity contribution in [3.63, 3.8) is 0 Å². The van der Waals surface area contributed by atoms with Crippen LogP contribution in [0.1, 0.15) is 0 Å². The maximum Gasteiger partial charge on any atom is 0.137 e. The first-order valence-electron chi connectivity index (χ1n) is 13.1. The Labute approximate surface area is 231 Å². The van der Waals surface area contributed by atoms with Gasteiger partial charge in [-0.05, 0) is 64.7 Å². The van der Waals surface area contributed by atoms with Gasteiger partial charge in [0.05, 0.1) is 11.4 Å². The van der Waals surface area contributed by atoms with Crippen molar-refractivity contribution in [2.24, 2.45) is 0 Å². The van der Waals surface area contributed by atoms with E-state index < -0.39 is 0 Å². The lowest BCUT2D eigenvalue weighted by Crippen LogP contribution is -2.15. The van der Waals surface area contributed by atoms with E-state index in [1.807, 2.05) is 23.9 Å². The van der Waals surface area contributed by atoms with E-state index in [-0.39, 0.29) is 0 Å². The molecule has 0 fully saturated rings. The number of para-hydroxylation sites is 2. The fourth-order valence-electron chi connectivity index (χ4n) is 5.59. The summed E-state index contributed by atoms with van der Waals surface area (Å²) < 4.78 is 6.34. The second kappa shape index (κ2) is 8.93. The smallest absolute Gasteiger partial charge is 0.137 e. The summed E-state index contributed by atoms with van der Waals surface area (Å²) in [6, 6.07) is 49.6. The minimum absolute atomic E-state index is 0.905. The molecule has 1 aliphatic heterocycles. The molecule has 0 saturated carbocycles. The molecule has 0 atom stereocenters. The zero-order valence-corrected chi connectivity index (χ0v) is 21.9. The fourth-order valence-corrected chi connectivity index (χ4v) is 6.67. The highest BCUT2D eigenvalue weighted by molar-refractivity contribution is 7.99. The highest BCUT2D eigenvalue weighted by atomic mass is 32.2. The van der Waals surface area contributed by atoms with E-state index in [0.29, 0.717) is 0 Å². The van der Waals surface area contributed by atoms with Gasteiger partial charge >= 0.3 is 0 Å². The summed E-state index contributed by atoms with van der Waals surface area (Å²) in [5.74, 6) is 0. The van der Waals surface area contributed by atoms with Crippen LogP contribution in [0, 0.1) is 0 Å². The van der Waals surface area contributed by atoms with Gasteiger partial charge < -0.3 is 9.32 Å². The van der Waals surface area contributed by atoms with E-state index in [1.54, 1.807) is 0 Å². The third kappa shape index (κ3) is 3.74. The van der Waals surface area contributed by atoms with E-state index >= 15 is 0 Å². The third-order valence-corrected chi connectivity index (χ3v) is 8.53. The van der Waals surface area contributed by atoms with Crippen molar-refractivity contribution in [1.82, 2.24) is 0 Å². The summed E-state index contributed by atoms with van der Waals surface area (Å²) in [5.41, 5.74) is 10.0. The standard InChI is InChI=1S/C36H23NOS/c1-3-11-24(12-4-1)26-19-27(25-13-5-2-6-14-25)21-28(20-26)37-31-16-8-10-18-35(31)39-36-22-30-29-15-7-9-17-33(29)38-34(30)23-32(36)37/h1-23H. The summed E-state index contributed by atoms with van der Waals surface area (Å²) in [7, 11) is 0. The summed E-state index contributed by atoms with van der Waals surface area (Å²) in [6.07, 6.45) is 0. The number of hydrogen-bond acceptors (Lipinski definition) is 3. The topological polar surface area (TPSA) is 16.4 Å². The van der Waals surface area contributed by atoms with Crippen LogP contribution in [-0.4, -0.2) is 0 Å². The van der Waals surface area contributed by atoms with E-state index in [9.17, 15) is 0 Å². The van der Waals surface area contributed by atoms with Crippen LogP contribution in [0.3, 0.4) is 0 Å². The summed E-state index contributed by atoms with van der Waals surface area (Å²) >= 11 is 1.83. The van der Waals surface area contributed by atoms with Crippen molar-refractivity contribution < 1.29 is 4.42 Å². The molecule has 0 spiro atoms. The molecule has 0 saturated heterocycles. The van der Waals surface area contributed by atoms with Gasteiger partial charge in [-0.1, -0.05) is 103 Å². The molecule has 3 heteroatoms. The Hall–Kier alpha value is -4.73. The molecule has 1 aromatic heterocycles. The fraction of sp³-hybridized carbons (Fsp3) is 0. The van der Waals surface area contributed by atoms with Crippen LogP contribution in [0.2, 0.25) is 0 Å². The van der Waals surface area contributed by atoms with Gasteiger partial charge in [0.1, 0.15) is 11.2 Å². The van der Waals surface area contributed by atoms with Crippen molar-refractivity contribution in [3.05, 3.63) is 140 Å². The van der Waals surface area contributed by atoms with Crippen LogP contribution in [-0.2, 0) is 0 Å². The van der Waals surface area contributed by atoms with Gasteiger partial charge in [-0.2, -0.15) is 0 Å². The molecule has 0 N–H and O–H groups in total. The average molecular weight is 518 g/mol. The zero-order valence-electron chi connectivity index (χ0n) is 21.0. The van der Waals surface area contributed by atoms with Gasteiger partial charge in [0.15, 0.2) is 0 Å². The lowest BCUT2D eigenvalue weighted by Gasteiger charge is -2.33. The Bertz CT molecular complexity index is 1930. The van der Waals surface area contributed by atoms with Crippen molar-refractivity contribution >= 4 is 50.8 Å². The van der Waals surface area contributed by atoms with E-state index in [0.717, 1.165) is 33.3 Å². The zero-order chi connectivity index (χ0) is 25.8. The molecular formula is C36H23NOS. The molecule has 2 heterocycles. The second-order valence-electron chi connectivity index (χ2n) is 9.82. The number of hydrogen-bond donors (Lipinski definition) is 0. The van der Waals surface area contributed by atoms with Crippen molar-refractivity contribution in [2.75, 3.05) is 4.90 Å². The Morgan fingerprint density at radius 1 is 0.436 bits per heavy atom. The molecule has 0 unspecified atom stereocenters. The highest BCUT2D eigenvalue weighted by Crippen LogP contribution is 2.53. The van der Waals surface area contributed by atoms with Gasteiger partial charge in [0.2, 0.25) is 0 Å². The van der Waals surface area contributed by atoms with Crippen LogP contribution in [0.15, 0.2) is 154 Å². The van der Waals surface area contributed by atoms with E-state index in [2.05, 4.69) is 132 Å².